The van der Waals surface area contributed by atoms with E-state index >= 15 is 0 Å². The van der Waals surface area contributed by atoms with Gasteiger partial charge in [-0.05, 0) is 31.2 Å². The minimum Gasteiger partial charge on any atom is -0.496 e. The second-order valence-electron chi connectivity index (χ2n) is 4.96. The van der Waals surface area contributed by atoms with Gasteiger partial charge in [0, 0.05) is 10.0 Å². The maximum Gasteiger partial charge on any atom is 0.346 e. The summed E-state index contributed by atoms with van der Waals surface area (Å²) >= 11 is 3.31. The Labute approximate surface area is 148 Å². The van der Waals surface area contributed by atoms with E-state index in [1.165, 1.54) is 21.1 Å². The topological polar surface area (TPSA) is 61.8 Å². The number of carbonyl (C=O) groups is 2. The third kappa shape index (κ3) is 3.94. The van der Waals surface area contributed by atoms with E-state index in [4.69, 9.17) is 14.2 Å². The van der Waals surface area contributed by atoms with E-state index in [-0.39, 0.29) is 11.3 Å². The van der Waals surface area contributed by atoms with E-state index in [1.807, 2.05) is 0 Å². The summed E-state index contributed by atoms with van der Waals surface area (Å²) in [5, 5.41) is 0. The number of ether oxygens (including phenoxy) is 3. The van der Waals surface area contributed by atoms with Crippen molar-refractivity contribution in [1.29, 1.82) is 0 Å². The highest BCUT2D eigenvalue weighted by Gasteiger charge is 2.25. The van der Waals surface area contributed by atoms with Crippen LogP contribution in [0.15, 0.2) is 46.9 Å². The van der Waals surface area contributed by atoms with Gasteiger partial charge in [0.25, 0.3) is 0 Å². The van der Waals surface area contributed by atoms with Crippen molar-refractivity contribution in [2.75, 3.05) is 14.2 Å². The third-order valence-electron chi connectivity index (χ3n) is 3.41. The minimum atomic E-state index is -0.937. The molecule has 6 heteroatoms. The van der Waals surface area contributed by atoms with E-state index in [0.29, 0.717) is 17.1 Å². The van der Waals surface area contributed by atoms with Crippen LogP contribution in [0.3, 0.4) is 0 Å². The van der Waals surface area contributed by atoms with Crippen molar-refractivity contribution < 1.29 is 23.8 Å². The summed E-state index contributed by atoms with van der Waals surface area (Å²) < 4.78 is 16.5. The molecular weight excluding hydrogens is 376 g/mol. The van der Waals surface area contributed by atoms with Crippen LogP contribution in [0.2, 0.25) is 0 Å². The molecule has 0 aliphatic rings. The molecule has 0 bridgehead atoms. The van der Waals surface area contributed by atoms with Crippen LogP contribution in [-0.4, -0.2) is 32.1 Å². The number of Topliss-reactive ketones (excluding diaryl/α,β-unsaturated/α-hetero) is 1. The summed E-state index contributed by atoms with van der Waals surface area (Å²) in [6.45, 7) is 1.53. The first kappa shape index (κ1) is 18.0. The van der Waals surface area contributed by atoms with Crippen LogP contribution in [0, 0.1) is 0 Å². The lowest BCUT2D eigenvalue weighted by molar-refractivity contribution is 0.0313. The number of rotatable bonds is 6. The van der Waals surface area contributed by atoms with Gasteiger partial charge >= 0.3 is 5.97 Å². The number of benzene rings is 2. The van der Waals surface area contributed by atoms with Crippen molar-refractivity contribution in [3.63, 3.8) is 0 Å². The number of hydrogen-bond acceptors (Lipinski definition) is 5. The quantitative estimate of drug-likeness (QED) is 0.551. The average Bonchev–Trinajstić information content (AvgIpc) is 2.60. The fourth-order valence-electron chi connectivity index (χ4n) is 2.17. The van der Waals surface area contributed by atoms with Crippen molar-refractivity contribution in [1.82, 2.24) is 0 Å². The number of hydrogen-bond donors (Lipinski definition) is 0. The molecule has 0 saturated carbocycles. The monoisotopic (exact) mass is 392 g/mol. The Morgan fingerprint density at radius 1 is 0.958 bits per heavy atom. The molecule has 0 fully saturated rings. The summed E-state index contributed by atoms with van der Waals surface area (Å²) in [6.07, 6.45) is -0.937. The molecule has 0 spiro atoms. The normalized spacial score (nSPS) is 11.5. The van der Waals surface area contributed by atoms with Gasteiger partial charge in [-0.1, -0.05) is 34.1 Å². The fourth-order valence-corrected chi connectivity index (χ4v) is 2.44. The Hall–Kier alpha value is -2.34. The van der Waals surface area contributed by atoms with E-state index < -0.39 is 12.1 Å². The highest BCUT2D eigenvalue weighted by atomic mass is 79.9. The van der Waals surface area contributed by atoms with Gasteiger partial charge in [0.05, 0.1) is 14.2 Å². The first-order chi connectivity index (χ1) is 11.5. The molecule has 2 rings (SSSR count). The van der Waals surface area contributed by atoms with Crippen molar-refractivity contribution in [2.45, 2.75) is 13.0 Å². The van der Waals surface area contributed by atoms with Crippen molar-refractivity contribution in [3.05, 3.63) is 58.1 Å². The maximum absolute atomic E-state index is 12.5. The Balaban J connectivity index is 2.20. The lowest BCUT2D eigenvalue weighted by Gasteiger charge is -2.16. The van der Waals surface area contributed by atoms with E-state index in [0.717, 1.165) is 4.47 Å². The third-order valence-corrected chi connectivity index (χ3v) is 3.94. The first-order valence-electron chi connectivity index (χ1n) is 7.19. The van der Waals surface area contributed by atoms with Gasteiger partial charge in [-0.25, -0.2) is 4.79 Å². The molecule has 1 unspecified atom stereocenters. The van der Waals surface area contributed by atoms with Crippen LogP contribution < -0.4 is 9.47 Å². The average molecular weight is 393 g/mol. The molecule has 2 aromatic rings. The second-order valence-corrected chi connectivity index (χ2v) is 5.87. The number of halogens is 1. The predicted molar refractivity (Wildman–Crippen MR) is 92.9 cm³/mol. The van der Waals surface area contributed by atoms with Gasteiger partial charge in [-0.3, -0.25) is 4.79 Å². The second kappa shape index (κ2) is 7.97. The number of methoxy groups -OCH3 is 2. The van der Waals surface area contributed by atoms with Gasteiger partial charge in [-0.2, -0.15) is 0 Å². The van der Waals surface area contributed by atoms with Crippen molar-refractivity contribution in [2.24, 2.45) is 0 Å². The van der Waals surface area contributed by atoms with Crippen LogP contribution in [0.5, 0.6) is 11.5 Å². The Bertz CT molecular complexity index is 717. The molecule has 0 heterocycles. The lowest BCUT2D eigenvalue weighted by atomic mass is 10.1. The highest BCUT2D eigenvalue weighted by Crippen LogP contribution is 2.29. The zero-order valence-corrected chi connectivity index (χ0v) is 15.1. The zero-order chi connectivity index (χ0) is 17.7. The van der Waals surface area contributed by atoms with Gasteiger partial charge in [0.1, 0.15) is 17.1 Å². The molecule has 0 radical (unpaired) electrons. The van der Waals surface area contributed by atoms with E-state index in [1.54, 1.807) is 42.5 Å². The summed E-state index contributed by atoms with van der Waals surface area (Å²) in [6, 6.07) is 11.8. The highest BCUT2D eigenvalue weighted by molar-refractivity contribution is 9.10. The number of carbonyl (C=O) groups excluding carboxylic acids is 2. The van der Waals surface area contributed by atoms with Crippen molar-refractivity contribution >= 4 is 27.7 Å². The van der Waals surface area contributed by atoms with Gasteiger partial charge in [0.2, 0.25) is 5.78 Å². The standard InChI is InChI=1S/C18H17BrO5/c1-11(17(20)12-7-9-13(19)10-8-12)24-18(21)16-14(22-2)5-4-6-15(16)23-3/h4-11H,1-3H3. The molecular formula is C18H17BrO5. The SMILES string of the molecule is COc1cccc(OC)c1C(=O)OC(C)C(=O)c1ccc(Br)cc1. The lowest BCUT2D eigenvalue weighted by Crippen LogP contribution is -2.25. The van der Waals surface area contributed by atoms with Crippen LogP contribution in [0.4, 0.5) is 0 Å². The Morgan fingerprint density at radius 2 is 1.50 bits per heavy atom. The molecule has 126 valence electrons. The molecule has 0 amide bonds. The molecule has 24 heavy (non-hydrogen) atoms. The largest absolute Gasteiger partial charge is 0.496 e. The maximum atomic E-state index is 12.5. The number of esters is 1. The van der Waals surface area contributed by atoms with Crippen LogP contribution in [-0.2, 0) is 4.74 Å². The van der Waals surface area contributed by atoms with Gasteiger partial charge in [0.15, 0.2) is 6.10 Å². The minimum absolute atomic E-state index is 0.151. The van der Waals surface area contributed by atoms with Crippen LogP contribution in [0.1, 0.15) is 27.6 Å². The molecule has 5 nitrogen and oxygen atoms in total. The summed E-state index contributed by atoms with van der Waals surface area (Å²) in [4.78, 5) is 24.8. The molecule has 1 atom stereocenters. The molecule has 0 aromatic heterocycles. The first-order valence-corrected chi connectivity index (χ1v) is 7.99. The molecule has 0 aliphatic heterocycles. The summed E-state index contributed by atoms with van der Waals surface area (Å²) in [7, 11) is 2.89. The van der Waals surface area contributed by atoms with E-state index in [9.17, 15) is 9.59 Å². The molecule has 2 aromatic carbocycles. The van der Waals surface area contributed by atoms with Gasteiger partial charge in [-0.15, -0.1) is 0 Å². The number of ketones is 1. The van der Waals surface area contributed by atoms with E-state index in [2.05, 4.69) is 15.9 Å². The van der Waals surface area contributed by atoms with Crippen molar-refractivity contribution in [3.8, 4) is 11.5 Å². The molecule has 0 N–H and O–H groups in total. The molecule has 0 saturated heterocycles. The predicted octanol–water partition coefficient (Wildman–Crippen LogP) is 3.89. The molecule has 0 aliphatic carbocycles. The fraction of sp³-hybridized carbons (Fsp3) is 0.222. The Morgan fingerprint density at radius 3 is 2.00 bits per heavy atom. The summed E-state index contributed by atoms with van der Waals surface area (Å²) in [5.41, 5.74) is 0.614. The van der Waals surface area contributed by atoms with Gasteiger partial charge < -0.3 is 14.2 Å². The smallest absolute Gasteiger partial charge is 0.346 e. The summed E-state index contributed by atoms with van der Waals surface area (Å²) in [5.74, 6) is -0.322. The van der Waals surface area contributed by atoms with Crippen LogP contribution in [0.25, 0.3) is 0 Å². The van der Waals surface area contributed by atoms with Crippen LogP contribution >= 0.6 is 15.9 Å². The zero-order valence-electron chi connectivity index (χ0n) is 13.5. The Kier molecular flexibility index (Phi) is 5.98.